The molecule has 1 fully saturated rings. The Bertz CT molecular complexity index is 1320. The Balaban J connectivity index is 1.26. The molecule has 5 rings (SSSR count). The summed E-state index contributed by atoms with van der Waals surface area (Å²) in [5.41, 5.74) is 1.13. The van der Waals surface area contributed by atoms with Crippen molar-refractivity contribution in [2.24, 2.45) is 0 Å². The Hall–Kier alpha value is -2.37. The third-order valence-electron chi connectivity index (χ3n) is 5.80. The Morgan fingerprint density at radius 3 is 2.81 bits per heavy atom. The zero-order chi connectivity index (χ0) is 24.9. The monoisotopic (exact) mass is 562 g/mol. The van der Waals surface area contributed by atoms with Crippen molar-refractivity contribution in [3.8, 4) is 17.3 Å². The van der Waals surface area contributed by atoms with E-state index < -0.39 is 0 Å². The molecule has 0 atom stereocenters. The molecule has 0 spiro atoms. The number of nitrogens with one attached hydrogen (secondary N) is 1. The molecule has 4 heterocycles. The van der Waals surface area contributed by atoms with Gasteiger partial charge in [0.2, 0.25) is 5.82 Å². The summed E-state index contributed by atoms with van der Waals surface area (Å²) in [5.74, 6) is 1.47. The molecule has 1 aliphatic rings. The highest BCUT2D eigenvalue weighted by Gasteiger charge is 2.21. The lowest BCUT2D eigenvalue weighted by molar-refractivity contribution is 0.0942. The van der Waals surface area contributed by atoms with Gasteiger partial charge in [0.05, 0.1) is 22.7 Å². The molecule has 8 nitrogen and oxygen atoms in total. The molecule has 0 aliphatic carbocycles. The number of carbonyl (C=O) groups excluding carboxylic acids is 1. The normalized spacial score (nSPS) is 14.3. The zero-order valence-electron chi connectivity index (χ0n) is 19.3. The van der Waals surface area contributed by atoms with Gasteiger partial charge in [-0.1, -0.05) is 41.4 Å². The van der Waals surface area contributed by atoms with Gasteiger partial charge in [-0.25, -0.2) is 4.98 Å². The quantitative estimate of drug-likeness (QED) is 0.258. The van der Waals surface area contributed by atoms with Crippen molar-refractivity contribution in [2.45, 2.75) is 30.2 Å². The Morgan fingerprint density at radius 2 is 2.03 bits per heavy atom. The maximum atomic E-state index is 12.6. The highest BCUT2D eigenvalue weighted by Crippen LogP contribution is 2.34. The summed E-state index contributed by atoms with van der Waals surface area (Å²) in [6.45, 7) is 3.73. The molecule has 1 amide bonds. The van der Waals surface area contributed by atoms with Crippen LogP contribution in [0.1, 0.15) is 34.8 Å². The molecule has 1 N–H and O–H groups in total. The number of halogens is 2. The predicted octanol–water partition coefficient (Wildman–Crippen LogP) is 5.80. The summed E-state index contributed by atoms with van der Waals surface area (Å²) in [6, 6.07) is 8.87. The van der Waals surface area contributed by atoms with Crippen LogP contribution in [0, 0.1) is 0 Å². The first-order chi connectivity index (χ1) is 17.6. The SMILES string of the molecule is O=C(NCCN1CCCCC1)c1csc(CSc2nnc(-c3ccco3)n2-c2ccc(Cl)cc2Cl)n1. The van der Waals surface area contributed by atoms with E-state index in [1.165, 1.54) is 42.4 Å². The van der Waals surface area contributed by atoms with Crippen molar-refractivity contribution in [3.63, 3.8) is 0 Å². The molecule has 0 unspecified atom stereocenters. The van der Waals surface area contributed by atoms with Gasteiger partial charge < -0.3 is 14.6 Å². The van der Waals surface area contributed by atoms with Crippen LogP contribution in [0.25, 0.3) is 17.3 Å². The van der Waals surface area contributed by atoms with E-state index >= 15 is 0 Å². The molecule has 188 valence electrons. The molecule has 12 heteroatoms. The van der Waals surface area contributed by atoms with Gasteiger partial charge in [-0.3, -0.25) is 9.36 Å². The second-order valence-electron chi connectivity index (χ2n) is 8.29. The number of hydrogen-bond donors (Lipinski definition) is 1. The first-order valence-electron chi connectivity index (χ1n) is 11.6. The summed E-state index contributed by atoms with van der Waals surface area (Å²) in [4.78, 5) is 19.5. The van der Waals surface area contributed by atoms with E-state index in [2.05, 4.69) is 25.4 Å². The fourth-order valence-electron chi connectivity index (χ4n) is 4.02. The summed E-state index contributed by atoms with van der Waals surface area (Å²) >= 11 is 15.5. The van der Waals surface area contributed by atoms with Crippen LogP contribution in [0.15, 0.2) is 51.5 Å². The molecule has 0 bridgehead atoms. The minimum absolute atomic E-state index is 0.143. The third-order valence-corrected chi connectivity index (χ3v) is 8.31. The van der Waals surface area contributed by atoms with Gasteiger partial charge in [0.1, 0.15) is 10.7 Å². The highest BCUT2D eigenvalue weighted by atomic mass is 35.5. The second-order valence-corrected chi connectivity index (χ2v) is 11.0. The maximum Gasteiger partial charge on any atom is 0.270 e. The number of benzene rings is 1. The average Bonchev–Trinajstić information content (AvgIpc) is 3.64. The summed E-state index contributed by atoms with van der Waals surface area (Å²) in [5, 5.41) is 15.9. The predicted molar refractivity (Wildman–Crippen MR) is 143 cm³/mol. The van der Waals surface area contributed by atoms with Gasteiger partial charge >= 0.3 is 0 Å². The highest BCUT2D eigenvalue weighted by molar-refractivity contribution is 7.98. The maximum absolute atomic E-state index is 12.6. The lowest BCUT2D eigenvalue weighted by atomic mass is 10.1. The van der Waals surface area contributed by atoms with Gasteiger partial charge in [0.25, 0.3) is 5.91 Å². The van der Waals surface area contributed by atoms with Gasteiger partial charge in [0.15, 0.2) is 10.9 Å². The third kappa shape index (κ3) is 5.95. The van der Waals surface area contributed by atoms with E-state index in [0.29, 0.717) is 50.5 Å². The smallest absolute Gasteiger partial charge is 0.270 e. The number of furan rings is 1. The minimum atomic E-state index is -0.143. The zero-order valence-corrected chi connectivity index (χ0v) is 22.5. The molecule has 3 aromatic heterocycles. The fraction of sp³-hybridized carbons (Fsp3) is 0.333. The molecule has 1 aliphatic heterocycles. The minimum Gasteiger partial charge on any atom is -0.461 e. The largest absolute Gasteiger partial charge is 0.461 e. The molecule has 0 radical (unpaired) electrons. The first-order valence-corrected chi connectivity index (χ1v) is 14.2. The van der Waals surface area contributed by atoms with Crippen LogP contribution in [0.4, 0.5) is 0 Å². The van der Waals surface area contributed by atoms with Gasteiger partial charge in [0, 0.05) is 23.5 Å². The van der Waals surface area contributed by atoms with E-state index in [9.17, 15) is 4.79 Å². The number of likely N-dealkylation sites (tertiary alicyclic amines) is 1. The van der Waals surface area contributed by atoms with Gasteiger partial charge in [-0.2, -0.15) is 0 Å². The lowest BCUT2D eigenvalue weighted by Gasteiger charge is -2.26. The van der Waals surface area contributed by atoms with Crippen LogP contribution >= 0.6 is 46.3 Å². The number of aromatic nitrogens is 4. The number of nitrogens with zero attached hydrogens (tertiary/aromatic N) is 5. The summed E-state index contributed by atoms with van der Waals surface area (Å²) < 4.78 is 7.40. The van der Waals surface area contributed by atoms with Crippen LogP contribution in [-0.2, 0) is 5.75 Å². The fourth-order valence-corrected chi connectivity index (χ4v) is 6.25. The van der Waals surface area contributed by atoms with Crippen molar-refractivity contribution in [1.29, 1.82) is 0 Å². The van der Waals surface area contributed by atoms with Gasteiger partial charge in [-0.05, 0) is 56.3 Å². The first kappa shape index (κ1) is 25.3. The Labute approximate surface area is 227 Å². The molecule has 36 heavy (non-hydrogen) atoms. The molecule has 4 aromatic rings. The number of amides is 1. The van der Waals surface area contributed by atoms with E-state index in [0.717, 1.165) is 24.6 Å². The number of thiazole rings is 1. The topological polar surface area (TPSA) is 89.1 Å². The lowest BCUT2D eigenvalue weighted by Crippen LogP contribution is -2.37. The van der Waals surface area contributed by atoms with Crippen molar-refractivity contribution >= 4 is 52.2 Å². The van der Waals surface area contributed by atoms with Crippen molar-refractivity contribution in [1.82, 2.24) is 30.0 Å². The van der Waals surface area contributed by atoms with E-state index in [4.69, 9.17) is 27.6 Å². The number of rotatable bonds is 9. The Morgan fingerprint density at radius 1 is 1.17 bits per heavy atom. The van der Waals surface area contributed by atoms with Crippen molar-refractivity contribution < 1.29 is 9.21 Å². The Kier molecular flexibility index (Phi) is 8.28. The second kappa shape index (κ2) is 11.8. The summed E-state index contributed by atoms with van der Waals surface area (Å²) in [7, 11) is 0. The van der Waals surface area contributed by atoms with Crippen molar-refractivity contribution in [2.75, 3.05) is 26.2 Å². The van der Waals surface area contributed by atoms with E-state index in [1.54, 1.807) is 29.8 Å². The van der Waals surface area contributed by atoms with Crippen LogP contribution in [0.2, 0.25) is 10.0 Å². The van der Waals surface area contributed by atoms with Crippen LogP contribution < -0.4 is 5.32 Å². The number of hydrogen-bond acceptors (Lipinski definition) is 8. The standard InChI is InChI=1S/C24H24Cl2N6O2S2/c25-16-6-7-19(17(26)13-16)32-22(20-5-4-12-34-20)29-30-24(32)36-15-21-28-18(14-35-21)23(33)27-8-11-31-9-2-1-3-10-31/h4-7,12-14H,1-3,8-11,15H2,(H,27,33). The molecular weight excluding hydrogens is 539 g/mol. The molecular formula is C24H24Cl2N6O2S2. The van der Waals surface area contributed by atoms with Crippen molar-refractivity contribution in [3.05, 3.63) is 62.7 Å². The molecule has 1 saturated heterocycles. The number of piperidine rings is 1. The molecule has 0 saturated carbocycles. The average molecular weight is 564 g/mol. The number of thioether (sulfide) groups is 1. The number of carbonyl (C=O) groups is 1. The summed E-state index contributed by atoms with van der Waals surface area (Å²) in [6.07, 6.45) is 5.36. The van der Waals surface area contributed by atoms with Crippen LogP contribution in [0.5, 0.6) is 0 Å². The van der Waals surface area contributed by atoms with E-state index in [-0.39, 0.29) is 5.91 Å². The van der Waals surface area contributed by atoms with E-state index in [1.807, 2.05) is 16.7 Å². The van der Waals surface area contributed by atoms with Gasteiger partial charge in [-0.15, -0.1) is 21.5 Å². The van der Waals surface area contributed by atoms with Crippen LogP contribution in [0.3, 0.4) is 0 Å². The molecule has 1 aromatic carbocycles. The van der Waals surface area contributed by atoms with Crippen LogP contribution in [-0.4, -0.2) is 56.7 Å².